The topological polar surface area (TPSA) is 92.7 Å². The highest BCUT2D eigenvalue weighted by Gasteiger charge is 2.32. The maximum atomic E-state index is 12.7. The van der Waals surface area contributed by atoms with Crippen LogP contribution in [0.4, 0.5) is 0 Å². The Kier molecular flexibility index (Phi) is 6.77. The molecule has 1 heterocycles. The number of hydrogen-bond acceptors (Lipinski definition) is 4. The van der Waals surface area contributed by atoms with Gasteiger partial charge in [0.15, 0.2) is 0 Å². The maximum Gasteiger partial charge on any atom is 0.303 e. The standard InChI is InChI=1S/C17H25NO5S/c1-13-11-16(9-10-23-13)24(21,22)18-15(7-8-17(19)20)12-14-5-3-2-4-6-14/h2-6,13,15-16,18H,7-12H2,1H3,(H,19,20). The van der Waals surface area contributed by atoms with Gasteiger partial charge in [-0.25, -0.2) is 13.1 Å². The largest absolute Gasteiger partial charge is 0.481 e. The zero-order chi connectivity index (χ0) is 17.6. The number of carboxylic acids is 1. The van der Waals surface area contributed by atoms with Crippen molar-refractivity contribution in [3.8, 4) is 0 Å². The molecule has 3 unspecified atom stereocenters. The molecule has 0 radical (unpaired) electrons. The van der Waals surface area contributed by atoms with Crippen molar-refractivity contribution in [2.45, 2.75) is 56.4 Å². The highest BCUT2D eigenvalue weighted by Crippen LogP contribution is 2.21. The molecule has 0 spiro atoms. The van der Waals surface area contributed by atoms with Crippen molar-refractivity contribution in [2.24, 2.45) is 0 Å². The molecule has 7 heteroatoms. The summed E-state index contributed by atoms with van der Waals surface area (Å²) in [4.78, 5) is 10.9. The fraction of sp³-hybridized carbons (Fsp3) is 0.588. The van der Waals surface area contributed by atoms with E-state index in [4.69, 9.17) is 9.84 Å². The van der Waals surface area contributed by atoms with Crippen LogP contribution in [0, 0.1) is 0 Å². The van der Waals surface area contributed by atoms with Gasteiger partial charge in [-0.05, 0) is 38.2 Å². The Balaban J connectivity index is 2.06. The SMILES string of the molecule is CC1CC(S(=O)(=O)NC(CCC(=O)O)Cc2ccccc2)CCO1. The molecule has 134 valence electrons. The van der Waals surface area contributed by atoms with Gasteiger partial charge in [-0.1, -0.05) is 30.3 Å². The lowest BCUT2D eigenvalue weighted by Crippen LogP contribution is -2.45. The van der Waals surface area contributed by atoms with E-state index in [1.807, 2.05) is 37.3 Å². The number of sulfonamides is 1. The van der Waals surface area contributed by atoms with Crippen LogP contribution in [0.15, 0.2) is 30.3 Å². The summed E-state index contributed by atoms with van der Waals surface area (Å²) in [7, 11) is -3.51. The minimum Gasteiger partial charge on any atom is -0.481 e. The molecule has 6 nitrogen and oxygen atoms in total. The Hall–Kier alpha value is -1.44. The third kappa shape index (κ3) is 5.89. The zero-order valence-electron chi connectivity index (χ0n) is 13.8. The summed E-state index contributed by atoms with van der Waals surface area (Å²) >= 11 is 0. The first kappa shape index (κ1) is 18.9. The van der Waals surface area contributed by atoms with E-state index in [9.17, 15) is 13.2 Å². The van der Waals surface area contributed by atoms with Crippen molar-refractivity contribution in [2.75, 3.05) is 6.61 Å². The number of benzene rings is 1. The molecule has 1 aromatic rings. The number of carboxylic acid groups (broad SMARTS) is 1. The van der Waals surface area contributed by atoms with Crippen molar-refractivity contribution in [1.29, 1.82) is 0 Å². The van der Waals surface area contributed by atoms with Gasteiger partial charge in [0.2, 0.25) is 10.0 Å². The zero-order valence-corrected chi connectivity index (χ0v) is 14.7. The Bertz CT molecular complexity index is 632. The number of aliphatic carboxylic acids is 1. The summed E-state index contributed by atoms with van der Waals surface area (Å²) in [6, 6.07) is 9.07. The number of hydrogen-bond donors (Lipinski definition) is 2. The lowest BCUT2D eigenvalue weighted by atomic mass is 10.0. The first-order chi connectivity index (χ1) is 11.4. The first-order valence-electron chi connectivity index (χ1n) is 8.25. The van der Waals surface area contributed by atoms with Crippen LogP contribution < -0.4 is 4.72 Å². The van der Waals surface area contributed by atoms with Gasteiger partial charge in [0.05, 0.1) is 11.4 Å². The predicted molar refractivity (Wildman–Crippen MR) is 91.3 cm³/mol. The van der Waals surface area contributed by atoms with Crippen LogP contribution in [0.3, 0.4) is 0 Å². The summed E-state index contributed by atoms with van der Waals surface area (Å²) in [5.74, 6) is -0.924. The lowest BCUT2D eigenvalue weighted by Gasteiger charge is -2.29. The Morgan fingerprint density at radius 2 is 2.08 bits per heavy atom. The van der Waals surface area contributed by atoms with E-state index in [2.05, 4.69) is 4.72 Å². The molecule has 24 heavy (non-hydrogen) atoms. The molecule has 0 aliphatic carbocycles. The second-order valence-corrected chi connectivity index (χ2v) is 8.30. The predicted octanol–water partition coefficient (Wildman–Crippen LogP) is 1.95. The van der Waals surface area contributed by atoms with Crippen LogP contribution in [-0.4, -0.2) is 43.5 Å². The number of nitrogens with one attached hydrogen (secondary N) is 1. The molecule has 1 fully saturated rings. The molecular weight excluding hydrogens is 330 g/mol. The average Bonchev–Trinajstić information content (AvgIpc) is 2.53. The van der Waals surface area contributed by atoms with Crippen molar-refractivity contribution in [3.05, 3.63) is 35.9 Å². The smallest absolute Gasteiger partial charge is 0.303 e. The fourth-order valence-corrected chi connectivity index (χ4v) is 4.76. The van der Waals surface area contributed by atoms with Crippen LogP contribution in [0.2, 0.25) is 0 Å². The van der Waals surface area contributed by atoms with Crippen LogP contribution >= 0.6 is 0 Å². The van der Waals surface area contributed by atoms with Gasteiger partial charge >= 0.3 is 5.97 Å². The van der Waals surface area contributed by atoms with Crippen LogP contribution in [-0.2, 0) is 26.0 Å². The second kappa shape index (κ2) is 8.60. The van der Waals surface area contributed by atoms with Gasteiger partial charge in [0.1, 0.15) is 0 Å². The highest BCUT2D eigenvalue weighted by molar-refractivity contribution is 7.90. The minimum atomic E-state index is -3.51. The minimum absolute atomic E-state index is 0.0653. The summed E-state index contributed by atoms with van der Waals surface area (Å²) in [6.45, 7) is 2.30. The summed E-state index contributed by atoms with van der Waals surface area (Å²) < 4.78 is 33.5. The lowest BCUT2D eigenvalue weighted by molar-refractivity contribution is -0.137. The van der Waals surface area contributed by atoms with Crippen LogP contribution in [0.5, 0.6) is 0 Å². The van der Waals surface area contributed by atoms with Gasteiger partial charge < -0.3 is 9.84 Å². The summed E-state index contributed by atoms with van der Waals surface area (Å²) in [5.41, 5.74) is 0.982. The summed E-state index contributed by atoms with van der Waals surface area (Å²) in [6.07, 6.45) is 1.54. The van der Waals surface area contributed by atoms with Gasteiger partial charge in [-0.15, -0.1) is 0 Å². The van der Waals surface area contributed by atoms with E-state index in [-0.39, 0.29) is 18.9 Å². The molecule has 1 aromatic carbocycles. The van der Waals surface area contributed by atoms with E-state index in [1.165, 1.54) is 0 Å². The monoisotopic (exact) mass is 355 g/mol. The molecule has 0 bridgehead atoms. The second-order valence-electron chi connectivity index (χ2n) is 6.31. The van der Waals surface area contributed by atoms with Crippen molar-refractivity contribution in [1.82, 2.24) is 4.72 Å². The quantitative estimate of drug-likeness (QED) is 0.743. The van der Waals surface area contributed by atoms with Crippen LogP contribution in [0.1, 0.15) is 38.2 Å². The number of ether oxygens (including phenoxy) is 1. The van der Waals surface area contributed by atoms with Crippen molar-refractivity contribution in [3.63, 3.8) is 0 Å². The summed E-state index contributed by atoms with van der Waals surface area (Å²) in [5, 5.41) is 8.43. The van der Waals surface area contributed by atoms with E-state index in [0.717, 1.165) is 5.56 Å². The van der Waals surface area contributed by atoms with Crippen LogP contribution in [0.25, 0.3) is 0 Å². The molecule has 1 aliphatic rings. The third-order valence-corrected chi connectivity index (χ3v) is 6.21. The molecular formula is C17H25NO5S. The van der Waals surface area contributed by atoms with Gasteiger partial charge in [-0.3, -0.25) is 4.79 Å². The molecule has 0 aromatic heterocycles. The van der Waals surface area contributed by atoms with E-state index in [0.29, 0.717) is 25.9 Å². The molecule has 2 N–H and O–H groups in total. The van der Waals surface area contributed by atoms with Gasteiger partial charge in [0, 0.05) is 19.1 Å². The molecule has 2 rings (SSSR count). The van der Waals surface area contributed by atoms with Gasteiger partial charge in [-0.2, -0.15) is 0 Å². The highest BCUT2D eigenvalue weighted by atomic mass is 32.2. The Morgan fingerprint density at radius 1 is 1.38 bits per heavy atom. The molecule has 1 aliphatic heterocycles. The first-order valence-corrected chi connectivity index (χ1v) is 9.80. The maximum absolute atomic E-state index is 12.7. The van der Waals surface area contributed by atoms with E-state index < -0.39 is 27.3 Å². The molecule has 0 saturated carbocycles. The number of carbonyl (C=O) groups is 1. The molecule has 0 amide bonds. The van der Waals surface area contributed by atoms with E-state index in [1.54, 1.807) is 0 Å². The Labute approximate surface area is 143 Å². The van der Waals surface area contributed by atoms with Gasteiger partial charge in [0.25, 0.3) is 0 Å². The molecule has 3 atom stereocenters. The number of rotatable bonds is 8. The van der Waals surface area contributed by atoms with Crippen molar-refractivity contribution < 1.29 is 23.1 Å². The third-order valence-electron chi connectivity index (χ3n) is 4.24. The normalized spacial score (nSPS) is 22.9. The Morgan fingerprint density at radius 3 is 2.71 bits per heavy atom. The molecule has 1 saturated heterocycles. The average molecular weight is 355 g/mol. The van der Waals surface area contributed by atoms with E-state index >= 15 is 0 Å². The fourth-order valence-electron chi connectivity index (χ4n) is 2.97. The van der Waals surface area contributed by atoms with Crippen molar-refractivity contribution >= 4 is 16.0 Å².